The summed E-state index contributed by atoms with van der Waals surface area (Å²) >= 11 is 0. The maximum atomic E-state index is 10.2. The highest BCUT2D eigenvalue weighted by molar-refractivity contribution is 5.12. The Bertz CT molecular complexity index is 268. The number of aromatic nitrogens is 2. The van der Waals surface area contributed by atoms with Crippen LogP contribution in [-0.2, 0) is 7.05 Å². The van der Waals surface area contributed by atoms with Crippen LogP contribution in [0.4, 0.5) is 5.95 Å². The summed E-state index contributed by atoms with van der Waals surface area (Å²) in [6.07, 6.45) is 1.47. The van der Waals surface area contributed by atoms with Crippen LogP contribution in [0.3, 0.4) is 0 Å². The molecule has 1 rings (SSSR count). The van der Waals surface area contributed by atoms with E-state index in [9.17, 15) is 10.1 Å². The molecule has 0 N–H and O–H groups in total. The van der Waals surface area contributed by atoms with Crippen LogP contribution in [0.1, 0.15) is 19.5 Å². The third-order valence-corrected chi connectivity index (χ3v) is 1.36. The van der Waals surface area contributed by atoms with Crippen molar-refractivity contribution in [1.82, 2.24) is 9.55 Å². The molecule has 5 heteroatoms. The number of nitrogens with zero attached hydrogens (tertiary/aromatic N) is 3. The van der Waals surface area contributed by atoms with Crippen molar-refractivity contribution >= 4 is 5.95 Å². The van der Waals surface area contributed by atoms with Crippen molar-refractivity contribution in [2.75, 3.05) is 0 Å². The third-order valence-electron chi connectivity index (χ3n) is 1.36. The van der Waals surface area contributed by atoms with Crippen molar-refractivity contribution in [2.45, 2.75) is 20.8 Å². The van der Waals surface area contributed by atoms with Gasteiger partial charge in [-0.15, -0.1) is 0 Å². The smallest absolute Gasteiger partial charge is 0.390 e. The second-order valence-corrected chi connectivity index (χ2v) is 2.02. The van der Waals surface area contributed by atoms with Crippen LogP contribution >= 0.6 is 0 Å². The zero-order chi connectivity index (χ0) is 9.72. The van der Waals surface area contributed by atoms with E-state index in [0.717, 1.165) is 5.69 Å². The first kappa shape index (κ1) is 10.6. The lowest BCUT2D eigenvalue weighted by Gasteiger charge is -1.93. The molecule has 0 unspecified atom stereocenters. The molecule has 0 spiro atoms. The van der Waals surface area contributed by atoms with E-state index in [-0.39, 0.29) is 5.95 Å². The van der Waals surface area contributed by atoms with E-state index in [4.69, 9.17) is 0 Å². The van der Waals surface area contributed by atoms with Gasteiger partial charge >= 0.3 is 5.95 Å². The highest BCUT2D eigenvalue weighted by atomic mass is 16.6. The SMILES string of the molecule is CC.Cc1cnc([N+](=O)[O-])n1C. The summed E-state index contributed by atoms with van der Waals surface area (Å²) in [6.45, 7) is 5.76. The molecule has 1 heterocycles. The van der Waals surface area contributed by atoms with Crippen molar-refractivity contribution in [1.29, 1.82) is 0 Å². The molecule has 0 aliphatic heterocycles. The van der Waals surface area contributed by atoms with Gasteiger partial charge in [0.05, 0.1) is 7.05 Å². The summed E-state index contributed by atoms with van der Waals surface area (Å²) in [6, 6.07) is 0. The van der Waals surface area contributed by atoms with Crippen LogP contribution in [0.25, 0.3) is 0 Å². The fraction of sp³-hybridized carbons (Fsp3) is 0.571. The second kappa shape index (κ2) is 4.48. The Morgan fingerprint density at radius 2 is 2.08 bits per heavy atom. The van der Waals surface area contributed by atoms with Crippen molar-refractivity contribution in [3.63, 3.8) is 0 Å². The predicted molar refractivity (Wildman–Crippen MR) is 45.9 cm³/mol. The van der Waals surface area contributed by atoms with Gasteiger partial charge in [-0.1, -0.05) is 18.8 Å². The standard InChI is InChI=1S/C5H7N3O2.C2H6/c1-4-3-6-5(7(4)2)8(9)10;1-2/h3H,1-2H3;1-2H3. The van der Waals surface area contributed by atoms with Gasteiger partial charge in [0.15, 0.2) is 0 Å². The summed E-state index contributed by atoms with van der Waals surface area (Å²) in [5, 5.41) is 10.2. The third kappa shape index (κ3) is 2.05. The summed E-state index contributed by atoms with van der Waals surface area (Å²) in [7, 11) is 1.61. The van der Waals surface area contributed by atoms with Crippen LogP contribution in [0, 0.1) is 17.0 Å². The molecule has 68 valence electrons. The van der Waals surface area contributed by atoms with E-state index in [1.54, 1.807) is 14.0 Å². The molecule has 12 heavy (non-hydrogen) atoms. The molecular weight excluding hydrogens is 158 g/mol. The molecular formula is C7H13N3O2. The molecule has 1 aromatic rings. The fourth-order valence-electron chi connectivity index (χ4n) is 0.652. The second-order valence-electron chi connectivity index (χ2n) is 2.02. The van der Waals surface area contributed by atoms with Gasteiger partial charge < -0.3 is 10.1 Å². The minimum absolute atomic E-state index is 0.113. The highest BCUT2D eigenvalue weighted by Crippen LogP contribution is 2.08. The van der Waals surface area contributed by atoms with Crippen LogP contribution in [0.2, 0.25) is 0 Å². The first-order valence-corrected chi connectivity index (χ1v) is 3.75. The predicted octanol–water partition coefficient (Wildman–Crippen LogP) is 1.66. The summed E-state index contributed by atoms with van der Waals surface area (Å²) in [5.41, 5.74) is 0.784. The van der Waals surface area contributed by atoms with Gasteiger partial charge in [0.25, 0.3) is 0 Å². The summed E-state index contributed by atoms with van der Waals surface area (Å²) < 4.78 is 1.43. The molecule has 0 saturated heterocycles. The van der Waals surface area contributed by atoms with Gasteiger partial charge in [-0.3, -0.25) is 0 Å². The van der Waals surface area contributed by atoms with Crippen LogP contribution in [0.15, 0.2) is 6.20 Å². The summed E-state index contributed by atoms with van der Waals surface area (Å²) in [5.74, 6) is -0.113. The lowest BCUT2D eigenvalue weighted by molar-refractivity contribution is -0.396. The Labute approximate surface area is 71.2 Å². The van der Waals surface area contributed by atoms with Gasteiger partial charge in [0, 0.05) is 0 Å². The first-order chi connectivity index (χ1) is 5.63. The quantitative estimate of drug-likeness (QED) is 0.477. The Hall–Kier alpha value is -1.39. The Morgan fingerprint density at radius 3 is 2.25 bits per heavy atom. The minimum atomic E-state index is -0.507. The van der Waals surface area contributed by atoms with E-state index in [1.807, 2.05) is 13.8 Å². The molecule has 0 saturated carbocycles. The number of nitro groups is 1. The Kier molecular flexibility index (Phi) is 3.96. The lowest BCUT2D eigenvalue weighted by Crippen LogP contribution is -1.98. The first-order valence-electron chi connectivity index (χ1n) is 3.75. The van der Waals surface area contributed by atoms with E-state index in [2.05, 4.69) is 4.98 Å². The molecule has 0 atom stereocenters. The number of imidazole rings is 1. The van der Waals surface area contributed by atoms with E-state index in [1.165, 1.54) is 10.8 Å². The van der Waals surface area contributed by atoms with Crippen molar-refractivity contribution in [3.8, 4) is 0 Å². The van der Waals surface area contributed by atoms with Crippen LogP contribution in [-0.4, -0.2) is 14.5 Å². The van der Waals surface area contributed by atoms with Crippen LogP contribution < -0.4 is 0 Å². The van der Waals surface area contributed by atoms with Gasteiger partial charge in [-0.05, 0) is 11.8 Å². The molecule has 1 aromatic heterocycles. The highest BCUT2D eigenvalue weighted by Gasteiger charge is 2.12. The fourth-order valence-corrected chi connectivity index (χ4v) is 0.652. The Balaban J connectivity index is 0.000000561. The molecule has 0 amide bonds. The summed E-state index contributed by atoms with van der Waals surface area (Å²) in [4.78, 5) is 13.2. The largest absolute Gasteiger partial charge is 0.434 e. The van der Waals surface area contributed by atoms with E-state index >= 15 is 0 Å². The van der Waals surface area contributed by atoms with Gasteiger partial charge in [-0.2, -0.15) is 0 Å². The number of hydrogen-bond acceptors (Lipinski definition) is 3. The van der Waals surface area contributed by atoms with E-state index < -0.39 is 4.92 Å². The Morgan fingerprint density at radius 1 is 1.58 bits per heavy atom. The minimum Gasteiger partial charge on any atom is -0.390 e. The van der Waals surface area contributed by atoms with Gasteiger partial charge in [0.2, 0.25) is 0 Å². The van der Waals surface area contributed by atoms with Crippen molar-refractivity contribution in [3.05, 3.63) is 22.0 Å². The normalized spacial score (nSPS) is 8.67. The molecule has 5 nitrogen and oxygen atoms in total. The number of hydrogen-bond donors (Lipinski definition) is 0. The zero-order valence-corrected chi connectivity index (χ0v) is 7.74. The van der Waals surface area contributed by atoms with Crippen molar-refractivity contribution in [2.24, 2.45) is 7.05 Å². The van der Waals surface area contributed by atoms with Crippen LogP contribution in [0.5, 0.6) is 0 Å². The number of rotatable bonds is 1. The van der Waals surface area contributed by atoms with Gasteiger partial charge in [-0.25, -0.2) is 4.57 Å². The molecule has 0 fully saturated rings. The van der Waals surface area contributed by atoms with Gasteiger partial charge in [0.1, 0.15) is 11.9 Å². The molecule has 0 aromatic carbocycles. The van der Waals surface area contributed by atoms with Crippen molar-refractivity contribution < 1.29 is 4.92 Å². The molecule has 0 aliphatic rings. The maximum Gasteiger partial charge on any atom is 0.434 e. The molecule has 0 bridgehead atoms. The average molecular weight is 171 g/mol. The van der Waals surface area contributed by atoms with E-state index in [0.29, 0.717) is 0 Å². The lowest BCUT2D eigenvalue weighted by atomic mass is 10.5. The number of aryl methyl sites for hydroxylation is 1. The average Bonchev–Trinajstić information content (AvgIpc) is 2.37. The monoisotopic (exact) mass is 171 g/mol. The molecule has 0 radical (unpaired) electrons. The maximum absolute atomic E-state index is 10.2. The zero-order valence-electron chi connectivity index (χ0n) is 7.74. The topological polar surface area (TPSA) is 61.0 Å². The molecule has 0 aliphatic carbocycles.